The topological polar surface area (TPSA) is 58.0 Å². The highest BCUT2D eigenvalue weighted by atomic mass is 16.5. The molecule has 4 nitrogen and oxygen atoms in total. The number of nitrogens with one attached hydrogen (secondary N) is 2. The maximum atomic E-state index is 11.0. The summed E-state index contributed by atoms with van der Waals surface area (Å²) in [5.41, 5.74) is 1.37. The first-order valence-electron chi connectivity index (χ1n) is 4.20. The van der Waals surface area contributed by atoms with Crippen LogP contribution < -0.4 is 10.9 Å². The van der Waals surface area contributed by atoms with Crippen LogP contribution in [-0.4, -0.2) is 11.7 Å². The quantitative estimate of drug-likeness (QED) is 0.649. The molecule has 1 fully saturated rings. The summed E-state index contributed by atoms with van der Waals surface area (Å²) in [6.07, 6.45) is 2.24. The SMILES string of the molecule is Cc1c([C@@H]2CCCN2)[nH]oc1=O. The molecule has 0 bridgehead atoms. The highest BCUT2D eigenvalue weighted by molar-refractivity contribution is 5.17. The van der Waals surface area contributed by atoms with Crippen molar-refractivity contribution in [1.82, 2.24) is 10.5 Å². The normalized spacial score (nSPS) is 23.2. The molecule has 2 heterocycles. The summed E-state index contributed by atoms with van der Waals surface area (Å²) >= 11 is 0. The Morgan fingerprint density at radius 2 is 2.42 bits per heavy atom. The fourth-order valence-corrected chi connectivity index (χ4v) is 1.63. The summed E-state index contributed by atoms with van der Waals surface area (Å²) in [5, 5.41) is 5.96. The third kappa shape index (κ3) is 1.08. The Bertz CT molecular complexity index is 320. The van der Waals surface area contributed by atoms with Crippen LogP contribution in [0.5, 0.6) is 0 Å². The predicted molar refractivity (Wildman–Crippen MR) is 44.0 cm³/mol. The molecule has 0 aromatic carbocycles. The van der Waals surface area contributed by atoms with Gasteiger partial charge in [-0.3, -0.25) is 0 Å². The van der Waals surface area contributed by atoms with E-state index in [0.717, 1.165) is 25.1 Å². The molecule has 12 heavy (non-hydrogen) atoms. The standard InChI is InChI=1S/C8H12N2O2/c1-5-7(10-12-8(5)11)6-3-2-4-9-6/h6,9-10H,2-4H2,1H3/t6-/m0/s1. The number of hydrogen-bond donors (Lipinski definition) is 2. The van der Waals surface area contributed by atoms with Crippen LogP contribution in [0.1, 0.15) is 30.1 Å². The largest absolute Gasteiger partial charge is 0.360 e. The van der Waals surface area contributed by atoms with Crippen molar-refractivity contribution in [3.05, 3.63) is 21.7 Å². The van der Waals surface area contributed by atoms with Crippen molar-refractivity contribution in [2.24, 2.45) is 0 Å². The Hall–Kier alpha value is -1.03. The molecule has 0 saturated carbocycles. The van der Waals surface area contributed by atoms with Gasteiger partial charge < -0.3 is 9.84 Å². The Morgan fingerprint density at radius 1 is 1.58 bits per heavy atom. The zero-order valence-electron chi connectivity index (χ0n) is 7.02. The molecule has 1 atom stereocenters. The molecular formula is C8H12N2O2. The number of hydrogen-bond acceptors (Lipinski definition) is 3. The van der Waals surface area contributed by atoms with Crippen LogP contribution in [0.4, 0.5) is 0 Å². The third-order valence-corrected chi connectivity index (χ3v) is 2.37. The lowest BCUT2D eigenvalue weighted by molar-refractivity contribution is 0.377. The van der Waals surface area contributed by atoms with E-state index in [0.29, 0.717) is 5.56 Å². The number of aromatic nitrogens is 1. The van der Waals surface area contributed by atoms with E-state index in [9.17, 15) is 4.79 Å². The maximum absolute atomic E-state index is 11.0. The minimum absolute atomic E-state index is 0.251. The van der Waals surface area contributed by atoms with Gasteiger partial charge in [-0.25, -0.2) is 9.95 Å². The van der Waals surface area contributed by atoms with Crippen LogP contribution in [-0.2, 0) is 0 Å². The van der Waals surface area contributed by atoms with Crippen LogP contribution in [0.2, 0.25) is 0 Å². The van der Waals surface area contributed by atoms with Gasteiger partial charge in [0.1, 0.15) is 0 Å². The van der Waals surface area contributed by atoms with Crippen molar-refractivity contribution < 1.29 is 4.52 Å². The smallest absolute Gasteiger partial charge is 0.339 e. The fraction of sp³-hybridized carbons (Fsp3) is 0.625. The molecule has 1 saturated heterocycles. The second kappa shape index (κ2) is 2.79. The lowest BCUT2D eigenvalue weighted by Crippen LogP contribution is -2.14. The average Bonchev–Trinajstić information content (AvgIpc) is 2.64. The number of aromatic amines is 1. The summed E-state index contributed by atoms with van der Waals surface area (Å²) in [6.45, 7) is 2.81. The zero-order valence-corrected chi connectivity index (χ0v) is 7.02. The lowest BCUT2D eigenvalue weighted by atomic mass is 10.1. The van der Waals surface area contributed by atoms with Gasteiger partial charge in [0.15, 0.2) is 0 Å². The molecule has 66 valence electrons. The summed E-state index contributed by atoms with van der Waals surface area (Å²) < 4.78 is 4.69. The molecule has 2 rings (SSSR count). The molecule has 1 aliphatic heterocycles. The Balaban J connectivity index is 2.32. The van der Waals surface area contributed by atoms with E-state index in [1.165, 1.54) is 0 Å². The van der Waals surface area contributed by atoms with Gasteiger partial charge in [0.25, 0.3) is 0 Å². The molecular weight excluding hydrogens is 156 g/mol. The second-order valence-corrected chi connectivity index (χ2v) is 3.18. The van der Waals surface area contributed by atoms with Gasteiger partial charge in [0.2, 0.25) is 0 Å². The van der Waals surface area contributed by atoms with Crippen LogP contribution in [0.15, 0.2) is 9.32 Å². The molecule has 1 aromatic rings. The Kier molecular flexibility index (Phi) is 1.77. The monoisotopic (exact) mass is 168 g/mol. The first kappa shape index (κ1) is 7.61. The first-order valence-corrected chi connectivity index (χ1v) is 4.20. The number of H-pyrrole nitrogens is 1. The molecule has 0 radical (unpaired) electrons. The summed E-state index contributed by atoms with van der Waals surface area (Å²) in [5.74, 6) is 0. The van der Waals surface area contributed by atoms with E-state index in [4.69, 9.17) is 0 Å². The molecule has 0 spiro atoms. The van der Waals surface area contributed by atoms with E-state index in [-0.39, 0.29) is 11.7 Å². The van der Waals surface area contributed by atoms with E-state index in [1.807, 2.05) is 0 Å². The van der Waals surface area contributed by atoms with Gasteiger partial charge in [-0.05, 0) is 26.3 Å². The number of rotatable bonds is 1. The van der Waals surface area contributed by atoms with Crippen molar-refractivity contribution in [3.63, 3.8) is 0 Å². The minimum atomic E-state index is -0.251. The van der Waals surface area contributed by atoms with Gasteiger partial charge in [0, 0.05) is 0 Å². The van der Waals surface area contributed by atoms with E-state index >= 15 is 0 Å². The Morgan fingerprint density at radius 3 is 2.92 bits per heavy atom. The molecule has 1 aromatic heterocycles. The van der Waals surface area contributed by atoms with Crippen molar-refractivity contribution in [3.8, 4) is 0 Å². The maximum Gasteiger partial charge on any atom is 0.360 e. The first-order chi connectivity index (χ1) is 5.79. The van der Waals surface area contributed by atoms with Gasteiger partial charge in [-0.15, -0.1) is 0 Å². The van der Waals surface area contributed by atoms with E-state index < -0.39 is 0 Å². The summed E-state index contributed by atoms with van der Waals surface area (Å²) in [7, 11) is 0. The Labute approximate surface area is 69.9 Å². The van der Waals surface area contributed by atoms with Gasteiger partial charge >= 0.3 is 5.63 Å². The molecule has 1 aliphatic rings. The molecule has 2 N–H and O–H groups in total. The second-order valence-electron chi connectivity index (χ2n) is 3.18. The average molecular weight is 168 g/mol. The van der Waals surface area contributed by atoms with Gasteiger partial charge in [0.05, 0.1) is 17.3 Å². The third-order valence-electron chi connectivity index (χ3n) is 2.37. The fourth-order valence-electron chi connectivity index (χ4n) is 1.63. The van der Waals surface area contributed by atoms with Crippen LogP contribution in [0.3, 0.4) is 0 Å². The van der Waals surface area contributed by atoms with E-state index in [2.05, 4.69) is 15.0 Å². The van der Waals surface area contributed by atoms with Crippen molar-refractivity contribution in [2.45, 2.75) is 25.8 Å². The zero-order chi connectivity index (χ0) is 8.55. The lowest BCUT2D eigenvalue weighted by Gasteiger charge is -2.06. The summed E-state index contributed by atoms with van der Waals surface area (Å²) in [4.78, 5) is 11.0. The van der Waals surface area contributed by atoms with E-state index in [1.54, 1.807) is 6.92 Å². The minimum Gasteiger partial charge on any atom is -0.339 e. The van der Waals surface area contributed by atoms with Gasteiger partial charge in [-0.2, -0.15) is 0 Å². The van der Waals surface area contributed by atoms with Crippen molar-refractivity contribution in [1.29, 1.82) is 0 Å². The summed E-state index contributed by atoms with van der Waals surface area (Å²) in [6, 6.07) is 0.288. The van der Waals surface area contributed by atoms with Gasteiger partial charge in [-0.1, -0.05) is 0 Å². The van der Waals surface area contributed by atoms with Crippen LogP contribution in [0, 0.1) is 6.92 Å². The van der Waals surface area contributed by atoms with Crippen LogP contribution >= 0.6 is 0 Å². The molecule has 0 unspecified atom stereocenters. The highest BCUT2D eigenvalue weighted by Crippen LogP contribution is 2.22. The molecule has 0 aliphatic carbocycles. The molecule has 4 heteroatoms. The van der Waals surface area contributed by atoms with Crippen molar-refractivity contribution >= 4 is 0 Å². The predicted octanol–water partition coefficient (Wildman–Crippen LogP) is 0.701. The van der Waals surface area contributed by atoms with Crippen molar-refractivity contribution in [2.75, 3.05) is 6.54 Å². The van der Waals surface area contributed by atoms with Crippen LogP contribution in [0.25, 0.3) is 0 Å². The highest BCUT2D eigenvalue weighted by Gasteiger charge is 2.21. The molecule has 0 amide bonds.